The molecule has 2 amide bonds. The van der Waals surface area contributed by atoms with E-state index in [1.54, 1.807) is 11.9 Å². The minimum absolute atomic E-state index is 0.146. The van der Waals surface area contributed by atoms with E-state index in [9.17, 15) is 9.59 Å². The number of ether oxygens (including phenoxy) is 1. The van der Waals surface area contributed by atoms with Crippen molar-refractivity contribution in [2.45, 2.75) is 12.8 Å². The lowest BCUT2D eigenvalue weighted by molar-refractivity contribution is 0.0648. The molecule has 1 aromatic carbocycles. The van der Waals surface area contributed by atoms with Gasteiger partial charge in [0.05, 0.1) is 11.9 Å². The first-order valence-corrected chi connectivity index (χ1v) is 9.87. The van der Waals surface area contributed by atoms with Crippen molar-refractivity contribution >= 4 is 12.0 Å². The van der Waals surface area contributed by atoms with E-state index in [2.05, 4.69) is 15.4 Å². The van der Waals surface area contributed by atoms with Gasteiger partial charge in [-0.2, -0.15) is 5.10 Å². The number of nitrogens with one attached hydrogen (secondary N) is 1. The van der Waals surface area contributed by atoms with Crippen LogP contribution in [0.2, 0.25) is 0 Å². The molecule has 1 N–H and O–H groups in total. The van der Waals surface area contributed by atoms with Crippen molar-refractivity contribution in [3.05, 3.63) is 54.1 Å². The molecular weight excluding hydrogens is 384 g/mol. The monoisotopic (exact) mass is 408 g/mol. The second-order valence-corrected chi connectivity index (χ2v) is 7.22. The molecule has 3 aromatic rings. The molecule has 3 heterocycles. The molecule has 0 bridgehead atoms. The molecule has 4 rings (SSSR count). The van der Waals surface area contributed by atoms with Crippen LogP contribution in [0.4, 0.5) is 4.79 Å². The van der Waals surface area contributed by atoms with Crippen LogP contribution in [0.5, 0.6) is 5.88 Å². The van der Waals surface area contributed by atoms with Crippen LogP contribution in [0, 0.1) is 0 Å². The van der Waals surface area contributed by atoms with Gasteiger partial charge in [-0.05, 0) is 6.42 Å². The SMILES string of the molecule is Cn1cc(-c2ccccc2)nc1CCNC(=O)Oc1c(C(=O)N2CCC2)cnn1C. The van der Waals surface area contributed by atoms with Gasteiger partial charge in [0, 0.05) is 51.9 Å². The number of carbonyl (C=O) groups is 2. The average Bonchev–Trinajstić information content (AvgIpc) is 3.24. The zero-order valence-electron chi connectivity index (χ0n) is 17.0. The number of carbonyl (C=O) groups excluding carboxylic acids is 2. The fraction of sp³-hybridized carbons (Fsp3) is 0.333. The first-order valence-electron chi connectivity index (χ1n) is 9.87. The van der Waals surface area contributed by atoms with Gasteiger partial charge in [-0.3, -0.25) is 4.79 Å². The van der Waals surface area contributed by atoms with Crippen LogP contribution >= 0.6 is 0 Å². The molecule has 0 unspecified atom stereocenters. The summed E-state index contributed by atoms with van der Waals surface area (Å²) in [4.78, 5) is 31.1. The summed E-state index contributed by atoms with van der Waals surface area (Å²) in [5, 5.41) is 6.77. The van der Waals surface area contributed by atoms with Crippen LogP contribution in [0.25, 0.3) is 11.3 Å². The second-order valence-electron chi connectivity index (χ2n) is 7.22. The van der Waals surface area contributed by atoms with E-state index in [4.69, 9.17) is 4.74 Å². The number of nitrogens with zero attached hydrogens (tertiary/aromatic N) is 5. The summed E-state index contributed by atoms with van der Waals surface area (Å²) in [5.41, 5.74) is 2.23. The third-order valence-electron chi connectivity index (χ3n) is 5.11. The number of hydrogen-bond acceptors (Lipinski definition) is 5. The van der Waals surface area contributed by atoms with E-state index < -0.39 is 6.09 Å². The maximum Gasteiger partial charge on any atom is 0.413 e. The van der Waals surface area contributed by atoms with Crippen molar-refractivity contribution in [3.63, 3.8) is 0 Å². The molecule has 0 aliphatic carbocycles. The molecule has 9 nitrogen and oxygen atoms in total. The molecule has 1 aliphatic heterocycles. The van der Waals surface area contributed by atoms with Gasteiger partial charge in [0.15, 0.2) is 0 Å². The maximum absolute atomic E-state index is 12.4. The molecule has 9 heteroatoms. The number of likely N-dealkylation sites (tertiary alicyclic amines) is 1. The van der Waals surface area contributed by atoms with Crippen molar-refractivity contribution in [2.24, 2.45) is 14.1 Å². The number of hydrogen-bond donors (Lipinski definition) is 1. The smallest absolute Gasteiger partial charge is 0.391 e. The van der Waals surface area contributed by atoms with Crippen LogP contribution in [0.15, 0.2) is 42.7 Å². The summed E-state index contributed by atoms with van der Waals surface area (Å²) >= 11 is 0. The fourth-order valence-corrected chi connectivity index (χ4v) is 3.27. The number of benzene rings is 1. The van der Waals surface area contributed by atoms with Gasteiger partial charge in [0.1, 0.15) is 11.4 Å². The molecule has 0 saturated carbocycles. The second kappa shape index (κ2) is 8.40. The van der Waals surface area contributed by atoms with Crippen LogP contribution in [0.1, 0.15) is 22.6 Å². The molecule has 156 valence electrons. The molecule has 2 aromatic heterocycles. The van der Waals surface area contributed by atoms with Crippen molar-refractivity contribution in [3.8, 4) is 17.1 Å². The summed E-state index contributed by atoms with van der Waals surface area (Å²) in [6.07, 6.45) is 4.30. The normalized spacial score (nSPS) is 13.1. The van der Waals surface area contributed by atoms with Crippen LogP contribution in [-0.4, -0.2) is 55.9 Å². The van der Waals surface area contributed by atoms with Crippen molar-refractivity contribution in [2.75, 3.05) is 19.6 Å². The third kappa shape index (κ3) is 4.05. The van der Waals surface area contributed by atoms with Crippen molar-refractivity contribution < 1.29 is 14.3 Å². The lowest BCUT2D eigenvalue weighted by atomic mass is 10.2. The summed E-state index contributed by atoms with van der Waals surface area (Å²) in [5.74, 6) is 0.828. The number of aromatic nitrogens is 4. The zero-order chi connectivity index (χ0) is 21.1. The Morgan fingerprint density at radius 1 is 1.17 bits per heavy atom. The van der Waals surface area contributed by atoms with Crippen molar-refractivity contribution in [1.82, 2.24) is 29.5 Å². The third-order valence-corrected chi connectivity index (χ3v) is 5.11. The van der Waals surface area contributed by atoms with Gasteiger partial charge in [-0.25, -0.2) is 14.5 Å². The highest BCUT2D eigenvalue weighted by molar-refractivity contribution is 5.97. The van der Waals surface area contributed by atoms with Gasteiger partial charge < -0.3 is 19.5 Å². The Labute approximate surface area is 174 Å². The van der Waals surface area contributed by atoms with E-state index in [1.165, 1.54) is 10.9 Å². The first kappa shape index (κ1) is 19.7. The Morgan fingerprint density at radius 3 is 2.63 bits per heavy atom. The largest absolute Gasteiger partial charge is 0.413 e. The highest BCUT2D eigenvalue weighted by Gasteiger charge is 2.27. The Kier molecular flexibility index (Phi) is 5.51. The predicted molar refractivity (Wildman–Crippen MR) is 110 cm³/mol. The Bertz CT molecular complexity index is 1050. The molecular formula is C21H24N6O3. The Hall–Kier alpha value is -3.62. The summed E-state index contributed by atoms with van der Waals surface area (Å²) < 4.78 is 8.71. The number of aryl methyl sites for hydroxylation is 2. The van der Waals surface area contributed by atoms with Crippen LogP contribution < -0.4 is 10.1 Å². The average molecular weight is 408 g/mol. The lowest BCUT2D eigenvalue weighted by Crippen LogP contribution is -2.42. The molecule has 0 radical (unpaired) electrons. The van der Waals surface area contributed by atoms with E-state index >= 15 is 0 Å². The molecule has 0 spiro atoms. The maximum atomic E-state index is 12.4. The highest BCUT2D eigenvalue weighted by Crippen LogP contribution is 2.22. The quantitative estimate of drug-likeness (QED) is 0.673. The van der Waals surface area contributed by atoms with Gasteiger partial charge in [-0.1, -0.05) is 30.3 Å². The Balaban J connectivity index is 1.34. The van der Waals surface area contributed by atoms with Gasteiger partial charge in [0.2, 0.25) is 5.88 Å². The summed E-state index contributed by atoms with van der Waals surface area (Å²) in [7, 11) is 3.56. The van der Waals surface area contributed by atoms with E-state index in [0.717, 1.165) is 23.5 Å². The van der Waals surface area contributed by atoms with E-state index in [-0.39, 0.29) is 11.8 Å². The standard InChI is InChI=1S/C21H24N6O3/c1-25-14-17(15-7-4-3-5-8-15)24-18(25)9-10-22-21(29)30-20-16(13-23-26(20)2)19(28)27-11-6-12-27/h3-5,7-8,13-14H,6,9-12H2,1-2H3,(H,22,29). The number of imidazole rings is 1. The minimum atomic E-state index is -0.631. The van der Waals surface area contributed by atoms with E-state index in [1.807, 2.05) is 48.1 Å². The predicted octanol–water partition coefficient (Wildman–Crippen LogP) is 2.00. The molecule has 1 aliphatic rings. The highest BCUT2D eigenvalue weighted by atomic mass is 16.6. The molecule has 1 saturated heterocycles. The zero-order valence-corrected chi connectivity index (χ0v) is 17.0. The van der Waals surface area contributed by atoms with Crippen LogP contribution in [-0.2, 0) is 20.5 Å². The minimum Gasteiger partial charge on any atom is -0.391 e. The first-order chi connectivity index (χ1) is 14.5. The molecule has 30 heavy (non-hydrogen) atoms. The Morgan fingerprint density at radius 2 is 1.93 bits per heavy atom. The van der Waals surface area contributed by atoms with Crippen LogP contribution in [0.3, 0.4) is 0 Å². The lowest BCUT2D eigenvalue weighted by Gasteiger charge is -2.30. The van der Waals surface area contributed by atoms with Crippen molar-refractivity contribution in [1.29, 1.82) is 0 Å². The van der Waals surface area contributed by atoms with E-state index in [0.29, 0.717) is 31.6 Å². The topological polar surface area (TPSA) is 94.3 Å². The summed E-state index contributed by atoms with van der Waals surface area (Å²) in [6.45, 7) is 1.78. The molecule has 0 atom stereocenters. The number of amides is 2. The fourth-order valence-electron chi connectivity index (χ4n) is 3.27. The van der Waals surface area contributed by atoms with Gasteiger partial charge in [0.25, 0.3) is 5.91 Å². The van der Waals surface area contributed by atoms with Gasteiger partial charge in [-0.15, -0.1) is 0 Å². The van der Waals surface area contributed by atoms with Gasteiger partial charge >= 0.3 is 6.09 Å². The summed E-state index contributed by atoms with van der Waals surface area (Å²) in [6, 6.07) is 9.93. The molecule has 1 fully saturated rings. The number of rotatable bonds is 6.